The second kappa shape index (κ2) is 5.84. The molecule has 116 valence electrons. The number of hydrogen-bond donors (Lipinski definition) is 1. The number of likely N-dealkylation sites (tertiary alicyclic amines) is 1. The molecule has 1 aliphatic heterocycles. The highest BCUT2D eigenvalue weighted by atomic mass is 35.5. The van der Waals surface area contributed by atoms with Crippen molar-refractivity contribution in [1.29, 1.82) is 0 Å². The smallest absolute Gasteiger partial charge is 0.394 e. The van der Waals surface area contributed by atoms with Crippen LogP contribution in [0.15, 0.2) is 12.1 Å². The van der Waals surface area contributed by atoms with Gasteiger partial charge in [0.05, 0.1) is 22.6 Å². The summed E-state index contributed by atoms with van der Waals surface area (Å²) in [5, 5.41) is 8.89. The Labute approximate surface area is 127 Å². The number of carbonyl (C=O) groups excluding carboxylic acids is 1. The van der Waals surface area contributed by atoms with Gasteiger partial charge in [0.2, 0.25) is 5.91 Å². The second-order valence-electron chi connectivity index (χ2n) is 4.77. The molecule has 1 N–H and O–H groups in total. The van der Waals surface area contributed by atoms with Crippen LogP contribution in [0.25, 0.3) is 0 Å². The molecular formula is C12H11ClF3NO3S. The van der Waals surface area contributed by atoms with Gasteiger partial charge in [-0.15, -0.1) is 11.3 Å². The molecular weight excluding hydrogens is 331 g/mol. The molecule has 0 unspecified atom stereocenters. The molecule has 2 heterocycles. The minimum Gasteiger partial charge on any atom is -0.481 e. The zero-order valence-electron chi connectivity index (χ0n) is 10.6. The number of nitrogens with zero attached hydrogens (tertiary/aromatic N) is 1. The van der Waals surface area contributed by atoms with Crippen LogP contribution in [0.5, 0.6) is 0 Å². The average molecular weight is 342 g/mol. The summed E-state index contributed by atoms with van der Waals surface area (Å²) in [5.41, 5.74) is 0. The molecule has 0 aliphatic carbocycles. The van der Waals surface area contributed by atoms with E-state index in [1.165, 1.54) is 11.3 Å². The second-order valence-corrected chi connectivity index (χ2v) is 6.57. The zero-order valence-corrected chi connectivity index (χ0v) is 12.1. The molecule has 4 nitrogen and oxygen atoms in total. The van der Waals surface area contributed by atoms with Crippen LogP contribution in [0.4, 0.5) is 13.2 Å². The maximum atomic E-state index is 12.8. The first-order valence-corrected chi connectivity index (χ1v) is 7.19. The number of carbonyl (C=O) groups is 2. The largest absolute Gasteiger partial charge is 0.481 e. The van der Waals surface area contributed by atoms with E-state index < -0.39 is 43.0 Å². The van der Waals surface area contributed by atoms with Gasteiger partial charge >= 0.3 is 12.1 Å². The van der Waals surface area contributed by atoms with Gasteiger partial charge in [0.25, 0.3) is 0 Å². The molecule has 2 atom stereocenters. The molecule has 1 aromatic heterocycles. The number of hydrogen-bond acceptors (Lipinski definition) is 3. The van der Waals surface area contributed by atoms with E-state index in [2.05, 4.69) is 0 Å². The van der Waals surface area contributed by atoms with E-state index in [4.69, 9.17) is 16.7 Å². The molecule has 9 heteroatoms. The Morgan fingerprint density at radius 1 is 1.38 bits per heavy atom. The lowest BCUT2D eigenvalue weighted by Crippen LogP contribution is -2.34. The summed E-state index contributed by atoms with van der Waals surface area (Å²) < 4.78 is 38.9. The normalized spacial score (nSPS) is 22.6. The Morgan fingerprint density at radius 3 is 2.48 bits per heavy atom. The zero-order chi connectivity index (χ0) is 15.8. The van der Waals surface area contributed by atoms with Crippen molar-refractivity contribution in [2.24, 2.45) is 11.8 Å². The average Bonchev–Trinajstić information content (AvgIpc) is 2.94. The van der Waals surface area contributed by atoms with Crippen LogP contribution in [-0.4, -0.2) is 41.1 Å². The number of thiophene rings is 1. The number of carboxylic acid groups (broad SMARTS) is 1. The lowest BCUT2D eigenvalue weighted by atomic mass is 9.96. The maximum Gasteiger partial charge on any atom is 0.394 e. The van der Waals surface area contributed by atoms with Crippen LogP contribution < -0.4 is 0 Å². The summed E-state index contributed by atoms with van der Waals surface area (Å²) in [7, 11) is 0. The van der Waals surface area contributed by atoms with Crippen LogP contribution in [0, 0.1) is 11.8 Å². The van der Waals surface area contributed by atoms with Crippen LogP contribution in [-0.2, 0) is 16.0 Å². The predicted octanol–water partition coefficient (Wildman–Crippen LogP) is 2.67. The van der Waals surface area contributed by atoms with Crippen molar-refractivity contribution < 1.29 is 27.9 Å². The highest BCUT2D eigenvalue weighted by Gasteiger charge is 2.53. The highest BCUT2D eigenvalue weighted by molar-refractivity contribution is 7.16. The molecule has 21 heavy (non-hydrogen) atoms. The Bertz CT molecular complexity index is 560. The Balaban J connectivity index is 2.08. The van der Waals surface area contributed by atoms with Gasteiger partial charge in [-0.1, -0.05) is 11.6 Å². The number of aliphatic carboxylic acids is 1. The predicted molar refractivity (Wildman–Crippen MR) is 70.3 cm³/mol. The van der Waals surface area contributed by atoms with E-state index in [0.29, 0.717) is 9.21 Å². The lowest BCUT2D eigenvalue weighted by molar-refractivity contribution is -0.188. The number of alkyl halides is 3. The number of carboxylic acids is 1. The lowest BCUT2D eigenvalue weighted by Gasteiger charge is -2.18. The van der Waals surface area contributed by atoms with E-state index >= 15 is 0 Å². The Morgan fingerprint density at radius 2 is 2.05 bits per heavy atom. The highest BCUT2D eigenvalue weighted by Crippen LogP contribution is 2.38. The van der Waals surface area contributed by atoms with E-state index in [-0.39, 0.29) is 6.42 Å². The topological polar surface area (TPSA) is 57.6 Å². The summed E-state index contributed by atoms with van der Waals surface area (Å²) in [4.78, 5) is 24.5. The van der Waals surface area contributed by atoms with E-state index in [9.17, 15) is 22.8 Å². The van der Waals surface area contributed by atoms with Gasteiger partial charge in [0.15, 0.2) is 0 Å². The van der Waals surface area contributed by atoms with Crippen LogP contribution >= 0.6 is 22.9 Å². The third-order valence-corrected chi connectivity index (χ3v) is 4.60. The Hall–Kier alpha value is -1.28. The molecule has 2 rings (SSSR count). The van der Waals surface area contributed by atoms with Gasteiger partial charge in [0, 0.05) is 18.0 Å². The summed E-state index contributed by atoms with van der Waals surface area (Å²) in [6.07, 6.45) is -4.71. The van der Waals surface area contributed by atoms with Crippen LogP contribution in [0.3, 0.4) is 0 Å². The fourth-order valence-corrected chi connectivity index (χ4v) is 3.38. The summed E-state index contributed by atoms with van der Waals surface area (Å²) in [6, 6.07) is 3.22. The maximum absolute atomic E-state index is 12.8. The molecule has 0 spiro atoms. The SMILES string of the molecule is O=C(O)[C@@H]1CN(C(=O)Cc2ccc(Cl)s2)C[C@H]1C(F)(F)F. The summed E-state index contributed by atoms with van der Waals surface area (Å²) in [6.45, 7) is -1.03. The fourth-order valence-electron chi connectivity index (χ4n) is 2.30. The molecule has 1 saturated heterocycles. The van der Waals surface area contributed by atoms with Crippen molar-refractivity contribution in [3.05, 3.63) is 21.3 Å². The first kappa shape index (κ1) is 16.1. The standard InChI is InChI=1S/C12H11ClF3NO3S/c13-9-2-1-6(21-9)3-10(18)17-4-7(11(19)20)8(5-17)12(14,15)16/h1-2,7-8H,3-5H2,(H,19,20)/t7-,8-/m1/s1. The third kappa shape index (κ3) is 3.68. The molecule has 1 fully saturated rings. The van der Waals surface area contributed by atoms with Gasteiger partial charge < -0.3 is 10.0 Å². The quantitative estimate of drug-likeness (QED) is 0.919. The van der Waals surface area contributed by atoms with Crippen molar-refractivity contribution in [2.75, 3.05) is 13.1 Å². The first-order valence-electron chi connectivity index (χ1n) is 6.00. The van der Waals surface area contributed by atoms with E-state index in [1.54, 1.807) is 12.1 Å². The van der Waals surface area contributed by atoms with E-state index in [1.807, 2.05) is 0 Å². The van der Waals surface area contributed by atoms with Crippen molar-refractivity contribution in [3.63, 3.8) is 0 Å². The molecule has 1 aliphatic rings. The van der Waals surface area contributed by atoms with Crippen molar-refractivity contribution in [2.45, 2.75) is 12.6 Å². The van der Waals surface area contributed by atoms with Gasteiger partial charge in [-0.25, -0.2) is 0 Å². The van der Waals surface area contributed by atoms with Crippen molar-refractivity contribution in [3.8, 4) is 0 Å². The summed E-state index contributed by atoms with van der Waals surface area (Å²) >= 11 is 6.89. The molecule has 0 bridgehead atoms. The van der Waals surface area contributed by atoms with Gasteiger partial charge in [-0.2, -0.15) is 13.2 Å². The minimum atomic E-state index is -4.63. The molecule has 1 amide bonds. The van der Waals surface area contributed by atoms with Crippen LogP contribution in [0.1, 0.15) is 4.88 Å². The minimum absolute atomic E-state index is 0.0751. The first-order chi connectivity index (χ1) is 9.68. The number of amides is 1. The van der Waals surface area contributed by atoms with Crippen molar-refractivity contribution >= 4 is 34.8 Å². The molecule has 0 saturated carbocycles. The molecule has 0 radical (unpaired) electrons. The Kier molecular flexibility index (Phi) is 4.48. The molecule has 1 aromatic rings. The number of halogens is 4. The van der Waals surface area contributed by atoms with Gasteiger partial charge in [0.1, 0.15) is 0 Å². The fraction of sp³-hybridized carbons (Fsp3) is 0.500. The summed E-state index contributed by atoms with van der Waals surface area (Å²) in [5.74, 6) is -5.69. The van der Waals surface area contributed by atoms with E-state index in [0.717, 1.165) is 4.90 Å². The molecule has 0 aromatic carbocycles. The number of rotatable bonds is 3. The monoisotopic (exact) mass is 341 g/mol. The van der Waals surface area contributed by atoms with Gasteiger partial charge in [-0.3, -0.25) is 9.59 Å². The van der Waals surface area contributed by atoms with Crippen LogP contribution in [0.2, 0.25) is 4.34 Å². The third-order valence-electron chi connectivity index (χ3n) is 3.36. The van der Waals surface area contributed by atoms with Crippen molar-refractivity contribution in [1.82, 2.24) is 4.90 Å². The van der Waals surface area contributed by atoms with Gasteiger partial charge in [-0.05, 0) is 12.1 Å².